The minimum atomic E-state index is -0.319. The molecule has 3 rings (SSSR count). The molecule has 0 amide bonds. The number of benzene rings is 2. The van der Waals surface area contributed by atoms with Crippen molar-refractivity contribution in [2.45, 2.75) is 13.0 Å². The van der Waals surface area contributed by atoms with E-state index in [0.29, 0.717) is 12.1 Å². The summed E-state index contributed by atoms with van der Waals surface area (Å²) >= 11 is 3.45. The van der Waals surface area contributed by atoms with Crippen molar-refractivity contribution >= 4 is 21.9 Å². The lowest BCUT2D eigenvalue weighted by Gasteiger charge is -2.09. The van der Waals surface area contributed by atoms with Gasteiger partial charge in [0.15, 0.2) is 0 Å². The molecule has 4 nitrogen and oxygen atoms in total. The van der Waals surface area contributed by atoms with E-state index >= 15 is 0 Å². The number of esters is 1. The van der Waals surface area contributed by atoms with Crippen LogP contribution in [0.4, 0.5) is 0 Å². The van der Waals surface area contributed by atoms with Gasteiger partial charge >= 0.3 is 5.97 Å². The molecule has 0 atom stereocenters. The highest BCUT2D eigenvalue weighted by Crippen LogP contribution is 2.15. The molecule has 1 aromatic heterocycles. The van der Waals surface area contributed by atoms with Crippen molar-refractivity contribution in [3.8, 4) is 0 Å². The van der Waals surface area contributed by atoms with E-state index in [1.807, 2.05) is 36.7 Å². The first-order valence-electron chi connectivity index (χ1n) is 7.57. The van der Waals surface area contributed by atoms with Crippen LogP contribution in [0.2, 0.25) is 0 Å². The summed E-state index contributed by atoms with van der Waals surface area (Å²) in [7, 11) is 1.39. The molecule has 0 aliphatic rings. The second-order valence-corrected chi connectivity index (χ2v) is 6.38. The molecule has 0 aliphatic heterocycles. The van der Waals surface area contributed by atoms with E-state index in [0.717, 1.165) is 22.3 Å². The lowest BCUT2D eigenvalue weighted by atomic mass is 10.1. The molecule has 0 spiro atoms. The number of methoxy groups -OCH3 is 1. The van der Waals surface area contributed by atoms with Crippen LogP contribution in [0.15, 0.2) is 65.4 Å². The lowest BCUT2D eigenvalue weighted by molar-refractivity contribution is 0.0600. The van der Waals surface area contributed by atoms with Gasteiger partial charge in [0.2, 0.25) is 0 Å². The number of hydrogen-bond donors (Lipinski definition) is 0. The third-order valence-corrected chi connectivity index (χ3v) is 4.33. The van der Waals surface area contributed by atoms with Crippen molar-refractivity contribution in [3.63, 3.8) is 0 Å². The number of nitrogens with zero attached hydrogens (tertiary/aromatic N) is 2. The molecular formula is C19H17BrN2O2. The minimum Gasteiger partial charge on any atom is -0.465 e. The minimum absolute atomic E-state index is 0.319. The predicted molar refractivity (Wildman–Crippen MR) is 96.1 cm³/mol. The van der Waals surface area contributed by atoms with Gasteiger partial charge in [-0.2, -0.15) is 0 Å². The van der Waals surface area contributed by atoms with Gasteiger partial charge < -0.3 is 9.30 Å². The number of hydrogen-bond acceptors (Lipinski definition) is 3. The largest absolute Gasteiger partial charge is 0.465 e. The monoisotopic (exact) mass is 384 g/mol. The number of halogens is 1. The summed E-state index contributed by atoms with van der Waals surface area (Å²) in [6.45, 7) is 0.716. The van der Waals surface area contributed by atoms with E-state index in [1.165, 1.54) is 12.7 Å². The second kappa shape index (κ2) is 7.45. The van der Waals surface area contributed by atoms with Gasteiger partial charge in [-0.15, -0.1) is 0 Å². The van der Waals surface area contributed by atoms with Crippen LogP contribution < -0.4 is 0 Å². The summed E-state index contributed by atoms with van der Waals surface area (Å²) in [6, 6.07) is 15.7. The molecule has 0 aliphatic carbocycles. The first-order valence-corrected chi connectivity index (χ1v) is 8.37. The average Bonchev–Trinajstić information content (AvgIpc) is 3.03. The fourth-order valence-corrected chi connectivity index (χ4v) is 2.76. The molecule has 1 heterocycles. The molecule has 0 saturated carbocycles. The van der Waals surface area contributed by atoms with Crippen molar-refractivity contribution in [3.05, 3.63) is 87.9 Å². The van der Waals surface area contributed by atoms with Gasteiger partial charge in [0.25, 0.3) is 0 Å². The van der Waals surface area contributed by atoms with Gasteiger partial charge in [-0.1, -0.05) is 40.2 Å². The Hall–Kier alpha value is -2.40. The van der Waals surface area contributed by atoms with E-state index in [9.17, 15) is 4.79 Å². The first kappa shape index (κ1) is 16.5. The van der Waals surface area contributed by atoms with Crippen LogP contribution in [0.3, 0.4) is 0 Å². The Balaban J connectivity index is 1.73. The van der Waals surface area contributed by atoms with Crippen LogP contribution in [0.25, 0.3) is 0 Å². The third-order valence-electron chi connectivity index (χ3n) is 3.81. The molecule has 3 aromatic rings. The summed E-state index contributed by atoms with van der Waals surface area (Å²) in [5, 5.41) is 0. The average molecular weight is 385 g/mol. The number of rotatable bonds is 5. The van der Waals surface area contributed by atoms with Crippen molar-refractivity contribution in [2.24, 2.45) is 0 Å². The van der Waals surface area contributed by atoms with Gasteiger partial charge in [-0.25, -0.2) is 9.78 Å². The maximum absolute atomic E-state index is 11.5. The number of aromatic nitrogens is 2. The molecule has 0 saturated heterocycles. The smallest absolute Gasteiger partial charge is 0.337 e. The van der Waals surface area contributed by atoms with Gasteiger partial charge in [0.1, 0.15) is 5.82 Å². The second-order valence-electron chi connectivity index (χ2n) is 5.46. The van der Waals surface area contributed by atoms with Crippen LogP contribution >= 0.6 is 15.9 Å². The highest BCUT2D eigenvalue weighted by molar-refractivity contribution is 9.10. The molecule has 0 bridgehead atoms. The number of ether oxygens (including phenoxy) is 1. The lowest BCUT2D eigenvalue weighted by Crippen LogP contribution is -2.06. The molecule has 2 aromatic carbocycles. The zero-order valence-corrected chi connectivity index (χ0v) is 14.9. The Kier molecular flexibility index (Phi) is 5.11. The number of carbonyl (C=O) groups excluding carboxylic acids is 1. The van der Waals surface area contributed by atoms with Gasteiger partial charge in [0.05, 0.1) is 12.7 Å². The van der Waals surface area contributed by atoms with E-state index in [-0.39, 0.29) is 5.97 Å². The zero-order valence-electron chi connectivity index (χ0n) is 13.3. The Morgan fingerprint density at radius 1 is 1.08 bits per heavy atom. The maximum Gasteiger partial charge on any atom is 0.337 e. The first-order chi connectivity index (χ1) is 11.7. The fourth-order valence-electron chi connectivity index (χ4n) is 2.50. The van der Waals surface area contributed by atoms with Gasteiger partial charge in [0, 0.05) is 29.8 Å². The van der Waals surface area contributed by atoms with Gasteiger partial charge in [-0.05, 0) is 35.4 Å². The zero-order chi connectivity index (χ0) is 16.9. The van der Waals surface area contributed by atoms with Crippen molar-refractivity contribution in [2.75, 3.05) is 7.11 Å². The Bertz CT molecular complexity index is 823. The molecule has 24 heavy (non-hydrogen) atoms. The van der Waals surface area contributed by atoms with Crippen LogP contribution in [-0.2, 0) is 17.7 Å². The Morgan fingerprint density at radius 2 is 1.75 bits per heavy atom. The van der Waals surface area contributed by atoms with E-state index in [2.05, 4.69) is 37.6 Å². The standard InChI is InChI=1S/C19H17BrN2O2/c1-24-19(23)16-6-2-15(3-7-16)13-22-11-10-21-18(22)12-14-4-8-17(20)9-5-14/h2-11H,12-13H2,1H3. The molecule has 0 N–H and O–H groups in total. The summed E-state index contributed by atoms with van der Waals surface area (Å²) in [4.78, 5) is 15.9. The Morgan fingerprint density at radius 3 is 2.42 bits per heavy atom. The van der Waals surface area contributed by atoms with Crippen LogP contribution in [0, 0.1) is 0 Å². The van der Waals surface area contributed by atoms with E-state index in [4.69, 9.17) is 4.74 Å². The molecule has 0 radical (unpaired) electrons. The van der Waals surface area contributed by atoms with Crippen molar-refractivity contribution in [1.29, 1.82) is 0 Å². The quantitative estimate of drug-likeness (QED) is 0.622. The number of carbonyl (C=O) groups is 1. The van der Waals surface area contributed by atoms with E-state index in [1.54, 1.807) is 12.1 Å². The van der Waals surface area contributed by atoms with Crippen molar-refractivity contribution in [1.82, 2.24) is 9.55 Å². The topological polar surface area (TPSA) is 44.1 Å². The summed E-state index contributed by atoms with van der Waals surface area (Å²) in [5.74, 6) is 0.689. The third kappa shape index (κ3) is 3.92. The highest BCUT2D eigenvalue weighted by atomic mass is 79.9. The highest BCUT2D eigenvalue weighted by Gasteiger charge is 2.07. The fraction of sp³-hybridized carbons (Fsp3) is 0.158. The Labute approximate surface area is 149 Å². The summed E-state index contributed by atoms with van der Waals surface area (Å²) < 4.78 is 7.91. The predicted octanol–water partition coefficient (Wildman–Crippen LogP) is 4.07. The number of imidazole rings is 1. The van der Waals surface area contributed by atoms with Crippen LogP contribution in [0.1, 0.15) is 27.3 Å². The summed E-state index contributed by atoms with van der Waals surface area (Å²) in [5.41, 5.74) is 2.88. The summed E-state index contributed by atoms with van der Waals surface area (Å²) in [6.07, 6.45) is 4.57. The molecule has 122 valence electrons. The normalized spacial score (nSPS) is 10.6. The van der Waals surface area contributed by atoms with Crippen LogP contribution in [-0.4, -0.2) is 22.6 Å². The molecule has 0 fully saturated rings. The van der Waals surface area contributed by atoms with Crippen molar-refractivity contribution < 1.29 is 9.53 Å². The molecular weight excluding hydrogens is 368 g/mol. The molecule has 0 unspecified atom stereocenters. The maximum atomic E-state index is 11.5. The SMILES string of the molecule is COC(=O)c1ccc(Cn2ccnc2Cc2ccc(Br)cc2)cc1. The van der Waals surface area contributed by atoms with Gasteiger partial charge in [-0.3, -0.25) is 0 Å². The van der Waals surface area contributed by atoms with E-state index < -0.39 is 0 Å². The van der Waals surface area contributed by atoms with Crippen LogP contribution in [0.5, 0.6) is 0 Å². The molecule has 5 heteroatoms.